The number of imidazole rings is 1. The van der Waals surface area contributed by atoms with Crippen LogP contribution in [0.25, 0.3) is 11.0 Å². The van der Waals surface area contributed by atoms with Crippen molar-refractivity contribution in [1.82, 2.24) is 14.9 Å². The Morgan fingerprint density at radius 1 is 1.03 bits per heavy atom. The first-order valence-electron chi connectivity index (χ1n) is 10.3. The largest absolute Gasteiger partial charge is 0.492 e. The highest BCUT2D eigenvalue weighted by Gasteiger charge is 2.14. The van der Waals surface area contributed by atoms with Gasteiger partial charge in [-0.3, -0.25) is 4.79 Å². The second kappa shape index (κ2) is 9.67. The number of hydrogen-bond acceptors (Lipinski definition) is 3. The fraction of sp³-hybridized carbons (Fsp3) is 0.200. The number of nitrogens with one attached hydrogen (secondary N) is 1. The van der Waals surface area contributed by atoms with Crippen molar-refractivity contribution in [2.45, 2.75) is 26.4 Å². The number of fused-ring (bicyclic) bond motifs is 1. The molecule has 0 bridgehead atoms. The molecule has 0 fully saturated rings. The second-order valence-corrected chi connectivity index (χ2v) is 7.58. The Kier molecular flexibility index (Phi) is 6.53. The third kappa shape index (κ3) is 4.89. The van der Waals surface area contributed by atoms with Crippen LogP contribution in [-0.2, 0) is 19.5 Å². The summed E-state index contributed by atoms with van der Waals surface area (Å²) < 4.78 is 8.03. The molecule has 1 aromatic heterocycles. The number of amides is 1. The molecule has 1 N–H and O–H groups in total. The molecule has 0 aliphatic heterocycles. The van der Waals surface area contributed by atoms with Crippen LogP contribution in [0.5, 0.6) is 5.75 Å². The van der Waals surface area contributed by atoms with Crippen LogP contribution in [-0.4, -0.2) is 22.1 Å². The number of aromatic nitrogens is 2. The van der Waals surface area contributed by atoms with E-state index in [0.29, 0.717) is 30.3 Å². The SMILES string of the molecule is CCc1ccc(OCCn2c(CNC(=O)c3ccccc3Cl)nc3ccccc32)cc1. The van der Waals surface area contributed by atoms with E-state index in [2.05, 4.69) is 28.9 Å². The molecule has 31 heavy (non-hydrogen) atoms. The molecule has 1 heterocycles. The van der Waals surface area contributed by atoms with Crippen LogP contribution in [0.15, 0.2) is 72.8 Å². The van der Waals surface area contributed by atoms with Gasteiger partial charge in [-0.25, -0.2) is 4.98 Å². The van der Waals surface area contributed by atoms with Crippen LogP contribution in [0, 0.1) is 0 Å². The smallest absolute Gasteiger partial charge is 0.253 e. The minimum absolute atomic E-state index is 0.225. The van der Waals surface area contributed by atoms with Gasteiger partial charge < -0.3 is 14.6 Å². The lowest BCUT2D eigenvalue weighted by Gasteiger charge is -2.12. The molecule has 1 amide bonds. The molecule has 158 valence electrons. The van der Waals surface area contributed by atoms with Crippen LogP contribution >= 0.6 is 11.6 Å². The number of rotatable bonds is 8. The summed E-state index contributed by atoms with van der Waals surface area (Å²) in [5.41, 5.74) is 3.63. The summed E-state index contributed by atoms with van der Waals surface area (Å²) in [5, 5.41) is 3.36. The first-order chi connectivity index (χ1) is 15.2. The van der Waals surface area contributed by atoms with Gasteiger partial charge in [-0.1, -0.05) is 54.9 Å². The van der Waals surface area contributed by atoms with E-state index in [1.165, 1.54) is 5.56 Å². The minimum atomic E-state index is -0.225. The van der Waals surface area contributed by atoms with Crippen molar-refractivity contribution in [3.63, 3.8) is 0 Å². The van der Waals surface area contributed by atoms with E-state index in [0.717, 1.165) is 29.0 Å². The molecule has 0 aliphatic carbocycles. The van der Waals surface area contributed by atoms with E-state index < -0.39 is 0 Å². The standard InChI is InChI=1S/C25H24ClN3O2/c1-2-18-11-13-19(14-12-18)31-16-15-29-23-10-6-5-9-22(23)28-24(29)17-27-25(30)20-7-3-4-8-21(20)26/h3-14H,2,15-17H2,1H3,(H,27,30). The number of carbonyl (C=O) groups is 1. The van der Waals surface area contributed by atoms with Gasteiger partial charge in [0, 0.05) is 0 Å². The Morgan fingerprint density at radius 2 is 1.77 bits per heavy atom. The van der Waals surface area contributed by atoms with Gasteiger partial charge in [0.1, 0.15) is 18.2 Å². The maximum atomic E-state index is 12.6. The van der Waals surface area contributed by atoms with Crippen molar-refractivity contribution >= 4 is 28.5 Å². The number of aryl methyl sites for hydroxylation is 1. The summed E-state index contributed by atoms with van der Waals surface area (Å²) in [7, 11) is 0. The van der Waals surface area contributed by atoms with Gasteiger partial charge in [0.25, 0.3) is 5.91 Å². The highest BCUT2D eigenvalue weighted by Crippen LogP contribution is 2.18. The monoisotopic (exact) mass is 433 g/mol. The predicted molar refractivity (Wildman–Crippen MR) is 124 cm³/mol. The summed E-state index contributed by atoms with van der Waals surface area (Å²) in [5.74, 6) is 1.39. The van der Waals surface area contributed by atoms with Crippen molar-refractivity contribution in [3.05, 3.63) is 94.8 Å². The Labute approximate surface area is 186 Å². The van der Waals surface area contributed by atoms with Crippen LogP contribution < -0.4 is 10.1 Å². The number of nitrogens with zero attached hydrogens (tertiary/aromatic N) is 2. The Bertz CT molecular complexity index is 1190. The lowest BCUT2D eigenvalue weighted by Crippen LogP contribution is -2.25. The second-order valence-electron chi connectivity index (χ2n) is 7.18. The summed E-state index contributed by atoms with van der Waals surface area (Å²) >= 11 is 6.14. The average molecular weight is 434 g/mol. The highest BCUT2D eigenvalue weighted by molar-refractivity contribution is 6.33. The third-order valence-electron chi connectivity index (χ3n) is 5.17. The van der Waals surface area contributed by atoms with Gasteiger partial charge >= 0.3 is 0 Å². The quantitative estimate of drug-likeness (QED) is 0.412. The van der Waals surface area contributed by atoms with Crippen molar-refractivity contribution in [3.8, 4) is 5.75 Å². The summed E-state index contributed by atoms with van der Waals surface area (Å²) in [6.45, 7) is 3.54. The number of benzene rings is 3. The van der Waals surface area contributed by atoms with E-state index in [9.17, 15) is 4.79 Å². The number of halogens is 1. The molecular formula is C25H24ClN3O2. The number of carbonyl (C=O) groups excluding carboxylic acids is 1. The van der Waals surface area contributed by atoms with Gasteiger partial charge in [-0.15, -0.1) is 0 Å². The molecule has 3 aromatic carbocycles. The van der Waals surface area contributed by atoms with Crippen molar-refractivity contribution in [2.24, 2.45) is 0 Å². The lowest BCUT2D eigenvalue weighted by atomic mass is 10.2. The summed E-state index contributed by atoms with van der Waals surface area (Å²) in [6.07, 6.45) is 1.00. The van der Waals surface area contributed by atoms with Crippen LogP contribution in [0.1, 0.15) is 28.7 Å². The third-order valence-corrected chi connectivity index (χ3v) is 5.50. The minimum Gasteiger partial charge on any atom is -0.492 e. The molecular weight excluding hydrogens is 410 g/mol. The van der Waals surface area contributed by atoms with Crippen LogP contribution in [0.4, 0.5) is 0 Å². The maximum Gasteiger partial charge on any atom is 0.253 e. The van der Waals surface area contributed by atoms with Crippen molar-refractivity contribution in [1.29, 1.82) is 0 Å². The first-order valence-corrected chi connectivity index (χ1v) is 10.7. The molecule has 4 rings (SSSR count). The highest BCUT2D eigenvalue weighted by atomic mass is 35.5. The molecule has 0 spiro atoms. The zero-order valence-corrected chi connectivity index (χ0v) is 18.1. The van der Waals surface area contributed by atoms with Gasteiger partial charge in [0.05, 0.1) is 34.7 Å². The Morgan fingerprint density at radius 3 is 2.55 bits per heavy atom. The number of ether oxygens (including phenoxy) is 1. The lowest BCUT2D eigenvalue weighted by molar-refractivity contribution is 0.0949. The van der Waals surface area contributed by atoms with E-state index in [4.69, 9.17) is 21.3 Å². The summed E-state index contributed by atoms with van der Waals surface area (Å²) in [4.78, 5) is 17.3. The van der Waals surface area contributed by atoms with Crippen LogP contribution in [0.2, 0.25) is 5.02 Å². The fourth-order valence-corrected chi connectivity index (χ4v) is 3.71. The molecule has 0 atom stereocenters. The topological polar surface area (TPSA) is 56.1 Å². The van der Waals surface area contributed by atoms with Crippen molar-refractivity contribution < 1.29 is 9.53 Å². The molecule has 6 heteroatoms. The number of hydrogen-bond donors (Lipinski definition) is 1. The molecule has 0 radical (unpaired) electrons. The Hall–Kier alpha value is -3.31. The zero-order valence-electron chi connectivity index (χ0n) is 17.3. The first kappa shape index (κ1) is 20.9. The van der Waals surface area contributed by atoms with Crippen molar-refractivity contribution in [2.75, 3.05) is 6.61 Å². The molecule has 0 aliphatic rings. The zero-order chi connectivity index (χ0) is 21.6. The van der Waals surface area contributed by atoms with Gasteiger partial charge in [0.2, 0.25) is 0 Å². The van der Waals surface area contributed by atoms with Crippen LogP contribution in [0.3, 0.4) is 0 Å². The van der Waals surface area contributed by atoms with E-state index >= 15 is 0 Å². The fourth-order valence-electron chi connectivity index (χ4n) is 3.49. The molecule has 0 saturated carbocycles. The molecule has 5 nitrogen and oxygen atoms in total. The maximum absolute atomic E-state index is 12.6. The predicted octanol–water partition coefficient (Wildman–Crippen LogP) is 5.26. The normalized spacial score (nSPS) is 10.9. The Balaban J connectivity index is 1.47. The van der Waals surface area contributed by atoms with E-state index in [1.54, 1.807) is 24.3 Å². The van der Waals surface area contributed by atoms with Gasteiger partial charge in [-0.2, -0.15) is 0 Å². The molecule has 0 unspecified atom stereocenters. The van der Waals surface area contributed by atoms with Gasteiger partial charge in [-0.05, 0) is 48.4 Å². The van der Waals surface area contributed by atoms with Gasteiger partial charge in [0.15, 0.2) is 0 Å². The average Bonchev–Trinajstić information content (AvgIpc) is 3.16. The van der Waals surface area contributed by atoms with E-state index in [-0.39, 0.29) is 5.91 Å². The number of para-hydroxylation sites is 2. The van der Waals surface area contributed by atoms with E-state index in [1.807, 2.05) is 36.4 Å². The molecule has 4 aromatic rings. The molecule has 0 saturated heterocycles. The summed E-state index contributed by atoms with van der Waals surface area (Å²) in [6, 6.07) is 23.1.